The summed E-state index contributed by atoms with van der Waals surface area (Å²) in [4.78, 5) is 40.3. The quantitative estimate of drug-likeness (QED) is 0.290. The van der Waals surface area contributed by atoms with Crippen LogP contribution in [0, 0.1) is 13.8 Å². The van der Waals surface area contributed by atoms with E-state index >= 15 is 0 Å². The third-order valence-corrected chi connectivity index (χ3v) is 9.47. The molecule has 2 aromatic heterocycles. The van der Waals surface area contributed by atoms with Gasteiger partial charge in [-0.15, -0.1) is 0 Å². The molecule has 1 atom stereocenters. The Morgan fingerprint density at radius 2 is 1.93 bits per heavy atom. The number of anilines is 2. The highest BCUT2D eigenvalue weighted by molar-refractivity contribution is 5.95. The number of carbonyl (C=O) groups excluding carboxylic acids is 2. The van der Waals surface area contributed by atoms with Gasteiger partial charge in [-0.1, -0.05) is 6.07 Å². The van der Waals surface area contributed by atoms with E-state index in [1.54, 1.807) is 13.0 Å². The molecule has 3 aliphatic rings. The number of nitrogens with zero attached hydrogens (tertiary/aromatic N) is 5. The highest BCUT2D eigenvalue weighted by Gasteiger charge is 2.25. The Labute approximate surface area is 270 Å². The number of aryl methyl sites for hydroxylation is 1. The molecular formula is C34H45N7O5. The van der Waals surface area contributed by atoms with Crippen molar-refractivity contribution < 1.29 is 23.8 Å². The maximum absolute atomic E-state index is 13.3. The number of benzene rings is 1. The van der Waals surface area contributed by atoms with Gasteiger partial charge in [0.15, 0.2) is 12.2 Å². The van der Waals surface area contributed by atoms with Crippen molar-refractivity contribution in [3.8, 4) is 5.75 Å². The van der Waals surface area contributed by atoms with Crippen molar-refractivity contribution in [2.45, 2.75) is 71.8 Å². The topological polar surface area (TPSA) is 136 Å². The van der Waals surface area contributed by atoms with E-state index in [-0.39, 0.29) is 18.4 Å². The Bertz CT molecular complexity index is 1550. The number of nitrogens with one attached hydrogen (secondary N) is 2. The summed E-state index contributed by atoms with van der Waals surface area (Å²) >= 11 is 0. The summed E-state index contributed by atoms with van der Waals surface area (Å²) in [6.07, 6.45) is 4.95. The molecule has 1 aliphatic carbocycles. The lowest BCUT2D eigenvalue weighted by Gasteiger charge is -2.35. The Morgan fingerprint density at radius 1 is 1.13 bits per heavy atom. The summed E-state index contributed by atoms with van der Waals surface area (Å²) in [7, 11) is 0. The molecule has 12 heteroatoms. The van der Waals surface area contributed by atoms with Crippen molar-refractivity contribution in [1.82, 2.24) is 25.1 Å². The largest absolute Gasteiger partial charge is 0.485 e. The highest BCUT2D eigenvalue weighted by Crippen LogP contribution is 2.30. The first-order valence-corrected chi connectivity index (χ1v) is 16.3. The standard InChI is InChI=1S/C34H45N7O5/c1-22-29-9-10-39(18-25(29)7-8-30(22)45-20-31-23(2)36-21-46-31)19-28(43)17-35-34(44)26-15-32(37-27-5-4-6-27)38-33(16-26)41-13-11-40(12-14-41)24(3)42/h7-8,15-16,21,27-28,43H,4-6,9-14,17-20H2,1-3H3,(H,35,44)(H,37,38)/t28-/m0/s1. The third kappa shape index (κ3) is 7.45. The lowest BCUT2D eigenvalue weighted by Crippen LogP contribution is -2.48. The lowest BCUT2D eigenvalue weighted by atomic mass is 9.93. The fourth-order valence-corrected chi connectivity index (χ4v) is 6.37. The molecule has 0 spiro atoms. The number of pyridine rings is 1. The van der Waals surface area contributed by atoms with Crippen LogP contribution in [-0.4, -0.2) is 94.6 Å². The Morgan fingerprint density at radius 3 is 2.63 bits per heavy atom. The molecule has 2 aliphatic heterocycles. The predicted octanol–water partition coefficient (Wildman–Crippen LogP) is 3.05. The highest BCUT2D eigenvalue weighted by atomic mass is 16.5. The molecule has 1 aromatic carbocycles. The van der Waals surface area contributed by atoms with Crippen molar-refractivity contribution in [2.75, 3.05) is 56.0 Å². The van der Waals surface area contributed by atoms with Gasteiger partial charge in [0.2, 0.25) is 5.91 Å². The summed E-state index contributed by atoms with van der Waals surface area (Å²) in [5.41, 5.74) is 4.98. The molecule has 12 nitrogen and oxygen atoms in total. The van der Waals surface area contributed by atoms with Crippen LogP contribution in [0.2, 0.25) is 0 Å². The smallest absolute Gasteiger partial charge is 0.251 e. The number of aliphatic hydroxyl groups excluding tert-OH is 1. The zero-order valence-corrected chi connectivity index (χ0v) is 27.1. The molecule has 46 heavy (non-hydrogen) atoms. The van der Waals surface area contributed by atoms with Gasteiger partial charge in [-0.2, -0.15) is 0 Å². The maximum Gasteiger partial charge on any atom is 0.251 e. The second kappa shape index (κ2) is 14.1. The minimum absolute atomic E-state index is 0.0736. The number of carbonyl (C=O) groups is 2. The van der Waals surface area contributed by atoms with E-state index in [1.807, 2.05) is 24.0 Å². The second-order valence-corrected chi connectivity index (χ2v) is 12.7. The summed E-state index contributed by atoms with van der Waals surface area (Å²) in [5.74, 6) is 2.81. The third-order valence-electron chi connectivity index (χ3n) is 9.47. The van der Waals surface area contributed by atoms with Gasteiger partial charge in [0.1, 0.15) is 24.0 Å². The molecule has 2 fully saturated rings. The molecule has 3 aromatic rings. The number of ether oxygens (including phenoxy) is 1. The second-order valence-electron chi connectivity index (χ2n) is 12.7. The lowest BCUT2D eigenvalue weighted by molar-refractivity contribution is -0.129. The van der Waals surface area contributed by atoms with E-state index in [9.17, 15) is 14.7 Å². The summed E-state index contributed by atoms with van der Waals surface area (Å²) in [5, 5.41) is 17.3. The minimum Gasteiger partial charge on any atom is -0.485 e. The van der Waals surface area contributed by atoms with Crippen molar-refractivity contribution in [2.24, 2.45) is 0 Å². The number of piperazine rings is 1. The van der Waals surface area contributed by atoms with Gasteiger partial charge in [0, 0.05) is 70.9 Å². The zero-order valence-electron chi connectivity index (χ0n) is 27.1. The summed E-state index contributed by atoms with van der Waals surface area (Å²) in [6.45, 7) is 10.6. The number of β-amino-alcohol motifs (C(OH)–C–C–N with tert-alkyl or cyclic N) is 1. The predicted molar refractivity (Wildman–Crippen MR) is 174 cm³/mol. The van der Waals surface area contributed by atoms with Crippen molar-refractivity contribution in [3.05, 3.63) is 64.4 Å². The zero-order chi connectivity index (χ0) is 32.2. The normalized spacial score (nSPS) is 17.7. The Balaban J connectivity index is 1.03. The Kier molecular flexibility index (Phi) is 9.74. The van der Waals surface area contributed by atoms with E-state index in [2.05, 4.69) is 38.4 Å². The van der Waals surface area contributed by atoms with Gasteiger partial charge in [0.25, 0.3) is 5.91 Å². The fourth-order valence-electron chi connectivity index (χ4n) is 6.37. The van der Waals surface area contributed by atoms with Gasteiger partial charge < -0.3 is 34.7 Å². The molecule has 3 N–H and O–H groups in total. The summed E-state index contributed by atoms with van der Waals surface area (Å²) < 4.78 is 11.5. The van der Waals surface area contributed by atoms with Crippen molar-refractivity contribution >= 4 is 23.5 Å². The van der Waals surface area contributed by atoms with Crippen LogP contribution in [0.5, 0.6) is 5.75 Å². The molecule has 6 rings (SSSR count). The van der Waals surface area contributed by atoms with Gasteiger partial charge in [-0.25, -0.2) is 9.97 Å². The van der Waals surface area contributed by atoms with Crippen molar-refractivity contribution in [3.63, 3.8) is 0 Å². The van der Waals surface area contributed by atoms with Crippen LogP contribution >= 0.6 is 0 Å². The molecular weight excluding hydrogens is 586 g/mol. The molecule has 0 bridgehead atoms. The van der Waals surface area contributed by atoms with Crippen LogP contribution in [0.1, 0.15) is 64.7 Å². The number of oxazole rings is 1. The number of aliphatic hydroxyl groups is 1. The van der Waals surface area contributed by atoms with Crippen LogP contribution in [0.25, 0.3) is 0 Å². The number of fused-ring (bicyclic) bond motifs is 1. The first-order valence-electron chi connectivity index (χ1n) is 16.3. The summed E-state index contributed by atoms with van der Waals surface area (Å²) in [6, 6.07) is 8.08. The fraction of sp³-hybridized carbons (Fsp3) is 0.529. The average molecular weight is 632 g/mol. The van der Waals surface area contributed by atoms with Crippen molar-refractivity contribution in [1.29, 1.82) is 0 Å². The van der Waals surface area contributed by atoms with E-state index in [0.29, 0.717) is 56.8 Å². The maximum atomic E-state index is 13.3. The molecule has 1 saturated carbocycles. The van der Waals surface area contributed by atoms with Crippen LogP contribution in [0.4, 0.5) is 11.6 Å². The molecule has 246 valence electrons. The molecule has 1 saturated heterocycles. The monoisotopic (exact) mass is 631 g/mol. The van der Waals surface area contributed by atoms with Crippen LogP contribution in [0.15, 0.2) is 35.1 Å². The van der Waals surface area contributed by atoms with E-state index < -0.39 is 6.10 Å². The number of rotatable bonds is 11. The number of amides is 2. The molecule has 4 heterocycles. The van der Waals surface area contributed by atoms with Gasteiger partial charge >= 0.3 is 0 Å². The van der Waals surface area contributed by atoms with E-state index in [1.165, 1.54) is 23.9 Å². The number of hydrogen-bond acceptors (Lipinski definition) is 10. The molecule has 0 unspecified atom stereocenters. The van der Waals surface area contributed by atoms with Crippen LogP contribution in [-0.2, 0) is 24.4 Å². The minimum atomic E-state index is -0.715. The first kappa shape index (κ1) is 31.8. The van der Waals surface area contributed by atoms with Crippen LogP contribution < -0.4 is 20.3 Å². The number of aromatic nitrogens is 2. The molecule has 0 radical (unpaired) electrons. The number of hydrogen-bond donors (Lipinski definition) is 3. The Hall–Kier alpha value is -4.16. The van der Waals surface area contributed by atoms with Gasteiger partial charge in [-0.3, -0.25) is 14.5 Å². The van der Waals surface area contributed by atoms with Gasteiger partial charge in [-0.05, 0) is 74.4 Å². The van der Waals surface area contributed by atoms with E-state index in [4.69, 9.17) is 14.1 Å². The first-order chi connectivity index (χ1) is 22.2. The SMILES string of the molecule is CC(=O)N1CCN(c2cc(C(=O)NC[C@H](O)CN3CCc4c(ccc(OCc5ocnc5C)c4C)C3)cc(NC3CCC3)n2)CC1. The van der Waals surface area contributed by atoms with E-state index in [0.717, 1.165) is 60.9 Å². The average Bonchev–Trinajstić information content (AvgIpc) is 3.45. The van der Waals surface area contributed by atoms with Gasteiger partial charge in [0.05, 0.1) is 11.8 Å². The molecule has 2 amide bonds. The van der Waals surface area contributed by atoms with Crippen LogP contribution in [0.3, 0.4) is 0 Å².